The van der Waals surface area contributed by atoms with Gasteiger partial charge in [0.25, 0.3) is 5.91 Å². The standard InChI is InChI=1S/C25H28N2O4S/c1-29-19-8-6-17(7-9-19)16-27-11-10-18-13-22(30-2)23(31-3)14-20(18)21(27)15-26-25(28)24-5-4-12-32-24/h4-9,12-14,21H,10-11,15-16H2,1-3H3,(H,26,28)/t21-/m0/s1. The molecular weight excluding hydrogens is 424 g/mol. The van der Waals surface area contributed by atoms with Gasteiger partial charge in [-0.2, -0.15) is 0 Å². The minimum absolute atomic E-state index is 0.0181. The molecule has 4 rings (SSSR count). The molecule has 6 nitrogen and oxygen atoms in total. The minimum Gasteiger partial charge on any atom is -0.497 e. The lowest BCUT2D eigenvalue weighted by atomic mass is 9.91. The van der Waals surface area contributed by atoms with Gasteiger partial charge in [-0.1, -0.05) is 18.2 Å². The third kappa shape index (κ3) is 4.74. The zero-order valence-corrected chi connectivity index (χ0v) is 19.4. The van der Waals surface area contributed by atoms with E-state index in [1.54, 1.807) is 21.3 Å². The van der Waals surface area contributed by atoms with Gasteiger partial charge in [-0.15, -0.1) is 11.3 Å². The average molecular weight is 453 g/mol. The van der Waals surface area contributed by atoms with Crippen LogP contribution in [0.4, 0.5) is 0 Å². The molecule has 0 spiro atoms. The van der Waals surface area contributed by atoms with Crippen LogP contribution < -0.4 is 19.5 Å². The molecule has 1 aliphatic rings. The summed E-state index contributed by atoms with van der Waals surface area (Å²) in [6.45, 7) is 2.17. The minimum atomic E-state index is -0.0444. The monoisotopic (exact) mass is 452 g/mol. The van der Waals surface area contributed by atoms with Crippen LogP contribution in [0.3, 0.4) is 0 Å². The van der Waals surface area contributed by atoms with Crippen molar-refractivity contribution < 1.29 is 19.0 Å². The number of hydrogen-bond acceptors (Lipinski definition) is 6. The highest BCUT2D eigenvalue weighted by Crippen LogP contribution is 2.38. The molecule has 0 fully saturated rings. The largest absolute Gasteiger partial charge is 0.497 e. The topological polar surface area (TPSA) is 60.0 Å². The molecule has 32 heavy (non-hydrogen) atoms. The third-order valence-electron chi connectivity index (χ3n) is 5.86. The molecule has 168 valence electrons. The molecule has 0 saturated carbocycles. The van der Waals surface area contributed by atoms with Crippen LogP contribution in [-0.4, -0.2) is 45.2 Å². The zero-order valence-electron chi connectivity index (χ0n) is 18.6. The Bertz CT molecular complexity index is 1050. The quantitative estimate of drug-likeness (QED) is 0.552. The Labute approximate surface area is 192 Å². The van der Waals surface area contributed by atoms with Crippen LogP contribution in [0.25, 0.3) is 0 Å². The SMILES string of the molecule is COc1ccc(CN2CCc3cc(OC)c(OC)cc3[C@@H]2CNC(=O)c2cccs2)cc1. The normalized spacial score (nSPS) is 15.7. The van der Waals surface area contributed by atoms with Crippen molar-refractivity contribution in [3.8, 4) is 17.2 Å². The summed E-state index contributed by atoms with van der Waals surface area (Å²) in [5.41, 5.74) is 3.59. The van der Waals surface area contributed by atoms with Crippen LogP contribution in [0.1, 0.15) is 32.4 Å². The van der Waals surface area contributed by atoms with E-state index in [1.807, 2.05) is 29.6 Å². The highest BCUT2D eigenvalue weighted by atomic mass is 32.1. The van der Waals surface area contributed by atoms with Gasteiger partial charge in [0.2, 0.25) is 0 Å². The van der Waals surface area contributed by atoms with Gasteiger partial charge in [-0.3, -0.25) is 9.69 Å². The number of thiophene rings is 1. The number of rotatable bonds is 8. The first-order chi connectivity index (χ1) is 15.6. The first-order valence-corrected chi connectivity index (χ1v) is 11.4. The smallest absolute Gasteiger partial charge is 0.261 e. The second-order valence-corrected chi connectivity index (χ2v) is 8.63. The van der Waals surface area contributed by atoms with E-state index in [1.165, 1.54) is 22.5 Å². The van der Waals surface area contributed by atoms with E-state index in [0.29, 0.717) is 12.3 Å². The summed E-state index contributed by atoms with van der Waals surface area (Å²) >= 11 is 1.45. The van der Waals surface area contributed by atoms with Gasteiger partial charge < -0.3 is 19.5 Å². The number of methoxy groups -OCH3 is 3. The summed E-state index contributed by atoms with van der Waals surface area (Å²) in [5, 5.41) is 5.05. The Hall–Kier alpha value is -3.03. The summed E-state index contributed by atoms with van der Waals surface area (Å²) in [4.78, 5) is 15.8. The summed E-state index contributed by atoms with van der Waals surface area (Å²) in [6.07, 6.45) is 0.904. The molecule has 1 atom stereocenters. The van der Waals surface area contributed by atoms with E-state index in [0.717, 1.165) is 41.4 Å². The summed E-state index contributed by atoms with van der Waals surface area (Å²) < 4.78 is 16.4. The molecule has 0 unspecified atom stereocenters. The molecule has 2 aromatic carbocycles. The van der Waals surface area contributed by atoms with Gasteiger partial charge in [0, 0.05) is 19.6 Å². The van der Waals surface area contributed by atoms with Gasteiger partial charge in [0.1, 0.15) is 5.75 Å². The van der Waals surface area contributed by atoms with Crippen molar-refractivity contribution in [3.63, 3.8) is 0 Å². The van der Waals surface area contributed by atoms with Crippen molar-refractivity contribution in [3.05, 3.63) is 75.5 Å². The highest BCUT2D eigenvalue weighted by Gasteiger charge is 2.29. The molecule has 1 aliphatic heterocycles. The molecule has 3 aromatic rings. The third-order valence-corrected chi connectivity index (χ3v) is 6.73. The number of ether oxygens (including phenoxy) is 3. The fourth-order valence-corrected chi connectivity index (χ4v) is 4.80. The number of benzene rings is 2. The number of carbonyl (C=O) groups is 1. The number of carbonyl (C=O) groups excluding carboxylic acids is 1. The van der Waals surface area contributed by atoms with Crippen molar-refractivity contribution in [2.24, 2.45) is 0 Å². The van der Waals surface area contributed by atoms with E-state index >= 15 is 0 Å². The number of amides is 1. The number of nitrogens with zero attached hydrogens (tertiary/aromatic N) is 1. The Kier molecular flexibility index (Phi) is 6.97. The fraction of sp³-hybridized carbons (Fsp3) is 0.320. The van der Waals surface area contributed by atoms with Crippen LogP contribution in [0.2, 0.25) is 0 Å². The van der Waals surface area contributed by atoms with Crippen LogP contribution >= 0.6 is 11.3 Å². The van der Waals surface area contributed by atoms with E-state index in [-0.39, 0.29) is 11.9 Å². The van der Waals surface area contributed by atoms with Gasteiger partial charge in [0.05, 0.1) is 32.2 Å². The van der Waals surface area contributed by atoms with Gasteiger partial charge in [-0.05, 0) is 58.8 Å². The molecule has 0 bridgehead atoms. The predicted molar refractivity (Wildman–Crippen MR) is 126 cm³/mol. The Balaban J connectivity index is 1.61. The van der Waals surface area contributed by atoms with E-state index in [2.05, 4.69) is 34.5 Å². The summed E-state index contributed by atoms with van der Waals surface area (Å²) in [6, 6.07) is 16.0. The second-order valence-electron chi connectivity index (χ2n) is 7.68. The maximum Gasteiger partial charge on any atom is 0.261 e. The molecule has 0 aliphatic carbocycles. The van der Waals surface area contributed by atoms with Gasteiger partial charge in [0.15, 0.2) is 11.5 Å². The second kappa shape index (κ2) is 10.1. The van der Waals surface area contributed by atoms with Crippen molar-refractivity contribution in [2.45, 2.75) is 19.0 Å². The zero-order chi connectivity index (χ0) is 22.5. The average Bonchev–Trinajstić information content (AvgIpc) is 3.38. The van der Waals surface area contributed by atoms with Crippen LogP contribution in [0.15, 0.2) is 53.9 Å². The van der Waals surface area contributed by atoms with Gasteiger partial charge >= 0.3 is 0 Å². The Morgan fingerprint density at radius 2 is 1.81 bits per heavy atom. The van der Waals surface area contributed by atoms with E-state index < -0.39 is 0 Å². The van der Waals surface area contributed by atoms with Crippen molar-refractivity contribution in [1.29, 1.82) is 0 Å². The summed E-state index contributed by atoms with van der Waals surface area (Å²) in [7, 11) is 4.97. The van der Waals surface area contributed by atoms with Crippen LogP contribution in [-0.2, 0) is 13.0 Å². The number of nitrogens with one attached hydrogen (secondary N) is 1. The lowest BCUT2D eigenvalue weighted by molar-refractivity contribution is 0.0930. The molecule has 0 saturated heterocycles. The van der Waals surface area contributed by atoms with E-state index in [9.17, 15) is 4.79 Å². The maximum absolute atomic E-state index is 12.6. The molecule has 1 aromatic heterocycles. The Morgan fingerprint density at radius 3 is 2.47 bits per heavy atom. The van der Waals surface area contributed by atoms with Crippen LogP contribution in [0.5, 0.6) is 17.2 Å². The van der Waals surface area contributed by atoms with Crippen molar-refractivity contribution in [2.75, 3.05) is 34.4 Å². The molecule has 7 heteroatoms. The van der Waals surface area contributed by atoms with Crippen molar-refractivity contribution >= 4 is 17.2 Å². The maximum atomic E-state index is 12.6. The number of hydrogen-bond donors (Lipinski definition) is 1. The molecule has 1 amide bonds. The first-order valence-electron chi connectivity index (χ1n) is 10.6. The fourth-order valence-electron chi connectivity index (χ4n) is 4.16. The predicted octanol–water partition coefficient (Wildman–Crippen LogP) is 4.30. The Morgan fingerprint density at radius 1 is 1.06 bits per heavy atom. The van der Waals surface area contributed by atoms with E-state index in [4.69, 9.17) is 14.2 Å². The highest BCUT2D eigenvalue weighted by molar-refractivity contribution is 7.12. The lowest BCUT2D eigenvalue weighted by Crippen LogP contribution is -2.41. The molecular formula is C25H28N2O4S. The molecule has 0 radical (unpaired) electrons. The molecule has 1 N–H and O–H groups in total. The first kappa shape index (κ1) is 22.2. The number of fused-ring (bicyclic) bond motifs is 1. The van der Waals surface area contributed by atoms with Gasteiger partial charge in [-0.25, -0.2) is 0 Å². The lowest BCUT2D eigenvalue weighted by Gasteiger charge is -2.38. The summed E-state index contributed by atoms with van der Waals surface area (Å²) in [5.74, 6) is 2.23. The van der Waals surface area contributed by atoms with Crippen LogP contribution in [0, 0.1) is 0 Å². The van der Waals surface area contributed by atoms with Crippen molar-refractivity contribution in [1.82, 2.24) is 10.2 Å². The molecule has 2 heterocycles.